The Labute approximate surface area is 190 Å². The Balaban J connectivity index is 0.000000630. The van der Waals surface area contributed by atoms with Gasteiger partial charge in [0.05, 0.1) is 0 Å². The summed E-state index contributed by atoms with van der Waals surface area (Å²) in [5, 5.41) is 21.6. The van der Waals surface area contributed by atoms with E-state index in [1.807, 2.05) is 33.8 Å². The Morgan fingerprint density at radius 3 is 2.23 bits per heavy atom. The van der Waals surface area contributed by atoms with Gasteiger partial charge in [-0.05, 0) is 64.5 Å². The average molecular weight is 429 g/mol. The summed E-state index contributed by atoms with van der Waals surface area (Å²) in [6, 6.07) is 2.69. The van der Waals surface area contributed by atoms with Crippen molar-refractivity contribution in [1.29, 1.82) is 0 Å². The maximum atomic E-state index is 11.0. The summed E-state index contributed by atoms with van der Waals surface area (Å²) in [6.45, 7) is 18.6. The molecule has 31 heavy (non-hydrogen) atoms. The summed E-state index contributed by atoms with van der Waals surface area (Å²) in [6.07, 6.45) is 9.97. The van der Waals surface area contributed by atoms with Crippen LogP contribution in [0.25, 0.3) is 0 Å². The van der Waals surface area contributed by atoms with Crippen molar-refractivity contribution in [3.8, 4) is 11.5 Å². The molecule has 3 aliphatic rings. The molecule has 1 aliphatic heterocycles. The van der Waals surface area contributed by atoms with Gasteiger partial charge in [-0.15, -0.1) is 6.58 Å². The molecule has 1 saturated heterocycles. The number of nitrogens with zero attached hydrogens (tertiary/aromatic N) is 2. The van der Waals surface area contributed by atoms with Crippen LogP contribution in [0.3, 0.4) is 0 Å². The van der Waals surface area contributed by atoms with Gasteiger partial charge in [0.25, 0.3) is 0 Å². The molecular formula is C27H44N2O2. The van der Waals surface area contributed by atoms with Crippen LogP contribution in [0.5, 0.6) is 11.5 Å². The third-order valence-electron chi connectivity index (χ3n) is 6.44. The van der Waals surface area contributed by atoms with Crippen molar-refractivity contribution >= 4 is 0 Å². The lowest BCUT2D eigenvalue weighted by Gasteiger charge is -2.35. The lowest BCUT2D eigenvalue weighted by Crippen LogP contribution is -2.46. The molecule has 4 rings (SSSR count). The zero-order chi connectivity index (χ0) is 23.0. The lowest BCUT2D eigenvalue weighted by molar-refractivity contribution is 0.120. The Morgan fingerprint density at radius 2 is 1.68 bits per heavy atom. The molecule has 1 aromatic rings. The topological polar surface area (TPSA) is 46.9 Å². The number of rotatable bonds is 4. The Bertz CT molecular complexity index is 744. The van der Waals surface area contributed by atoms with Gasteiger partial charge in [0, 0.05) is 55.8 Å². The lowest BCUT2D eigenvalue weighted by atomic mass is 9.83. The van der Waals surface area contributed by atoms with Crippen LogP contribution in [0.1, 0.15) is 82.4 Å². The van der Waals surface area contributed by atoms with Crippen molar-refractivity contribution in [3.05, 3.63) is 47.1 Å². The number of aromatic hydroxyl groups is 2. The maximum Gasteiger partial charge on any atom is 0.127 e. The minimum Gasteiger partial charge on any atom is -0.507 e. The van der Waals surface area contributed by atoms with Crippen molar-refractivity contribution in [1.82, 2.24) is 9.80 Å². The van der Waals surface area contributed by atoms with Gasteiger partial charge in [-0.25, -0.2) is 0 Å². The van der Waals surface area contributed by atoms with Crippen LogP contribution in [0, 0.1) is 6.92 Å². The monoisotopic (exact) mass is 428 g/mol. The number of phenols is 2. The molecule has 0 amide bonds. The van der Waals surface area contributed by atoms with E-state index in [1.165, 1.54) is 18.4 Å². The first-order valence-electron chi connectivity index (χ1n) is 12.2. The fraction of sp³-hybridized carbons (Fsp3) is 0.630. The highest BCUT2D eigenvalue weighted by Crippen LogP contribution is 2.43. The van der Waals surface area contributed by atoms with Crippen molar-refractivity contribution in [2.75, 3.05) is 26.2 Å². The Kier molecular flexibility index (Phi) is 10.1. The van der Waals surface area contributed by atoms with Gasteiger partial charge in [-0.1, -0.05) is 31.6 Å². The van der Waals surface area contributed by atoms with Gasteiger partial charge < -0.3 is 10.2 Å². The van der Waals surface area contributed by atoms with E-state index in [-0.39, 0.29) is 11.7 Å². The molecule has 2 aliphatic carbocycles. The van der Waals surface area contributed by atoms with Crippen molar-refractivity contribution in [2.45, 2.75) is 85.2 Å². The normalized spacial score (nSPS) is 21.8. The molecule has 174 valence electrons. The molecule has 0 bridgehead atoms. The largest absolute Gasteiger partial charge is 0.507 e. The van der Waals surface area contributed by atoms with E-state index in [4.69, 9.17) is 0 Å². The van der Waals surface area contributed by atoms with Gasteiger partial charge in [0.15, 0.2) is 0 Å². The number of hydrogen-bond acceptors (Lipinski definition) is 4. The predicted octanol–water partition coefficient (Wildman–Crippen LogP) is 6.12. The first-order chi connectivity index (χ1) is 14.9. The van der Waals surface area contributed by atoms with E-state index in [0.717, 1.165) is 74.7 Å². The van der Waals surface area contributed by atoms with E-state index < -0.39 is 0 Å². The SMILES string of the molecule is C=CC.CC.CC1=CC(c2c(O)cc(C)c(CN3CCN(C4CC4)CC3)c2O)CCC1. The summed E-state index contributed by atoms with van der Waals surface area (Å²) >= 11 is 0. The maximum absolute atomic E-state index is 11.0. The van der Waals surface area contributed by atoms with E-state index in [2.05, 4.69) is 29.4 Å². The van der Waals surface area contributed by atoms with E-state index >= 15 is 0 Å². The molecule has 1 unspecified atom stereocenters. The van der Waals surface area contributed by atoms with Gasteiger partial charge in [0.2, 0.25) is 0 Å². The standard InChI is InChI=1S/C22H32N2O2.C3H6.C2H6/c1-15-4-3-5-17(12-15)21-20(25)13-16(2)19(22(21)26)14-23-8-10-24(11-9-23)18-6-7-18;1-3-2;1-2/h12-13,17-18,25-26H,3-11,14H2,1-2H3;3H,1H2,2H3;1-2H3. The third kappa shape index (κ3) is 6.85. The van der Waals surface area contributed by atoms with Crippen LogP contribution < -0.4 is 0 Å². The molecule has 0 spiro atoms. The predicted molar refractivity (Wildman–Crippen MR) is 132 cm³/mol. The first-order valence-corrected chi connectivity index (χ1v) is 12.2. The summed E-state index contributed by atoms with van der Waals surface area (Å²) in [5.74, 6) is 0.705. The minimum atomic E-state index is 0.134. The van der Waals surface area contributed by atoms with Crippen molar-refractivity contribution in [2.24, 2.45) is 0 Å². The van der Waals surface area contributed by atoms with Crippen molar-refractivity contribution in [3.63, 3.8) is 0 Å². The van der Waals surface area contributed by atoms with Gasteiger partial charge in [-0.2, -0.15) is 0 Å². The van der Waals surface area contributed by atoms with E-state index in [9.17, 15) is 10.2 Å². The number of allylic oxidation sites excluding steroid dienone is 3. The molecule has 2 fully saturated rings. The van der Waals surface area contributed by atoms with Crippen LogP contribution in [0.4, 0.5) is 0 Å². The summed E-state index contributed by atoms with van der Waals surface area (Å²) < 4.78 is 0. The summed E-state index contributed by atoms with van der Waals surface area (Å²) in [5.41, 5.74) is 4.08. The van der Waals surface area contributed by atoms with Crippen LogP contribution in [0.2, 0.25) is 0 Å². The zero-order valence-electron chi connectivity index (χ0n) is 20.5. The Hall–Kier alpha value is -1.78. The molecule has 1 atom stereocenters. The summed E-state index contributed by atoms with van der Waals surface area (Å²) in [7, 11) is 0. The highest BCUT2D eigenvalue weighted by Gasteiger charge is 2.32. The fourth-order valence-electron chi connectivity index (χ4n) is 4.69. The molecule has 1 heterocycles. The summed E-state index contributed by atoms with van der Waals surface area (Å²) in [4.78, 5) is 5.06. The second kappa shape index (κ2) is 12.3. The number of aryl methyl sites for hydroxylation is 1. The molecule has 1 aromatic carbocycles. The first kappa shape index (κ1) is 25.5. The second-order valence-corrected chi connectivity index (χ2v) is 8.92. The van der Waals surface area contributed by atoms with Crippen LogP contribution in [-0.2, 0) is 6.54 Å². The highest BCUT2D eigenvalue weighted by molar-refractivity contribution is 5.55. The van der Waals surface area contributed by atoms with Gasteiger partial charge in [0.1, 0.15) is 11.5 Å². The number of benzene rings is 1. The van der Waals surface area contributed by atoms with E-state index in [1.54, 1.807) is 6.08 Å². The van der Waals surface area contributed by atoms with Crippen LogP contribution in [0.15, 0.2) is 30.4 Å². The minimum absolute atomic E-state index is 0.134. The molecule has 0 radical (unpaired) electrons. The second-order valence-electron chi connectivity index (χ2n) is 8.92. The quantitative estimate of drug-likeness (QED) is 0.567. The Morgan fingerprint density at radius 1 is 1.06 bits per heavy atom. The zero-order valence-corrected chi connectivity index (χ0v) is 20.5. The smallest absolute Gasteiger partial charge is 0.127 e. The van der Waals surface area contributed by atoms with E-state index in [0.29, 0.717) is 5.75 Å². The van der Waals surface area contributed by atoms with Crippen molar-refractivity contribution < 1.29 is 10.2 Å². The number of hydrogen-bond donors (Lipinski definition) is 2. The van der Waals surface area contributed by atoms with Gasteiger partial charge in [-0.3, -0.25) is 9.80 Å². The molecule has 1 saturated carbocycles. The molecular weight excluding hydrogens is 384 g/mol. The van der Waals surface area contributed by atoms with Crippen LogP contribution >= 0.6 is 0 Å². The number of phenolic OH excluding ortho intramolecular Hbond substituents is 2. The highest BCUT2D eigenvalue weighted by atomic mass is 16.3. The molecule has 4 nitrogen and oxygen atoms in total. The average Bonchev–Trinajstić information content (AvgIpc) is 3.59. The van der Waals surface area contributed by atoms with Gasteiger partial charge >= 0.3 is 0 Å². The number of piperazine rings is 1. The third-order valence-corrected chi connectivity index (χ3v) is 6.44. The fourth-order valence-corrected chi connectivity index (χ4v) is 4.69. The van der Waals surface area contributed by atoms with Crippen LogP contribution in [-0.4, -0.2) is 52.2 Å². The molecule has 4 heteroatoms. The molecule has 2 N–H and O–H groups in total. The molecule has 0 aromatic heterocycles.